The van der Waals surface area contributed by atoms with Crippen LogP contribution in [0.3, 0.4) is 0 Å². The Balaban J connectivity index is 3.10. The average molecular weight is 176 g/mol. The Morgan fingerprint density at radius 2 is 2.08 bits per heavy atom. The van der Waals surface area contributed by atoms with Gasteiger partial charge < -0.3 is 5.11 Å². The second-order valence-corrected chi connectivity index (χ2v) is 3.10. The number of aliphatic hydroxyl groups is 1. The Hall–Kier alpha value is -1.08. The molecule has 1 heteroatoms. The molecule has 0 unspecified atom stereocenters. The number of rotatable bonds is 4. The molecule has 0 fully saturated rings. The molecule has 13 heavy (non-hydrogen) atoms. The van der Waals surface area contributed by atoms with Crippen LogP contribution in [0.15, 0.2) is 24.8 Å². The van der Waals surface area contributed by atoms with E-state index >= 15 is 0 Å². The van der Waals surface area contributed by atoms with Crippen molar-refractivity contribution < 1.29 is 5.11 Å². The normalized spacial score (nSPS) is 10.0. The standard InChI is InChI=1S/C12H16O/c1-3-6-10-7-5-8-11(9-13)12(10)4-2/h4-5,7-8,13H,2-3,6,9H2,1H3. The molecule has 0 radical (unpaired) electrons. The lowest BCUT2D eigenvalue weighted by Gasteiger charge is -2.08. The van der Waals surface area contributed by atoms with Crippen molar-refractivity contribution in [2.45, 2.75) is 26.4 Å². The van der Waals surface area contributed by atoms with E-state index in [2.05, 4.69) is 19.6 Å². The maximum atomic E-state index is 9.09. The van der Waals surface area contributed by atoms with E-state index in [9.17, 15) is 0 Å². The van der Waals surface area contributed by atoms with Crippen LogP contribution in [0.1, 0.15) is 30.0 Å². The zero-order chi connectivity index (χ0) is 9.68. The molecule has 0 aliphatic rings. The van der Waals surface area contributed by atoms with Gasteiger partial charge in [0.05, 0.1) is 6.61 Å². The number of aliphatic hydroxyl groups excluding tert-OH is 1. The van der Waals surface area contributed by atoms with E-state index in [0.717, 1.165) is 24.0 Å². The fraction of sp³-hybridized carbons (Fsp3) is 0.333. The summed E-state index contributed by atoms with van der Waals surface area (Å²) in [6.45, 7) is 6.02. The first-order valence-corrected chi connectivity index (χ1v) is 4.67. The van der Waals surface area contributed by atoms with Crippen molar-refractivity contribution in [2.24, 2.45) is 0 Å². The Morgan fingerprint density at radius 1 is 1.38 bits per heavy atom. The van der Waals surface area contributed by atoms with Gasteiger partial charge in [-0.15, -0.1) is 0 Å². The van der Waals surface area contributed by atoms with Gasteiger partial charge in [0, 0.05) is 0 Å². The van der Waals surface area contributed by atoms with Crippen LogP contribution in [-0.2, 0) is 13.0 Å². The molecular weight excluding hydrogens is 160 g/mol. The average Bonchev–Trinajstić information content (AvgIpc) is 2.18. The molecule has 70 valence electrons. The van der Waals surface area contributed by atoms with Crippen LogP contribution in [0, 0.1) is 0 Å². The third kappa shape index (κ3) is 2.19. The van der Waals surface area contributed by atoms with Gasteiger partial charge in [-0.25, -0.2) is 0 Å². The topological polar surface area (TPSA) is 20.2 Å². The smallest absolute Gasteiger partial charge is 0.0687 e. The van der Waals surface area contributed by atoms with Gasteiger partial charge in [0.25, 0.3) is 0 Å². The van der Waals surface area contributed by atoms with Crippen molar-refractivity contribution in [1.82, 2.24) is 0 Å². The highest BCUT2D eigenvalue weighted by Gasteiger charge is 2.02. The van der Waals surface area contributed by atoms with E-state index in [1.165, 1.54) is 5.56 Å². The molecule has 1 N–H and O–H groups in total. The fourth-order valence-electron chi connectivity index (χ4n) is 1.55. The molecule has 1 aromatic rings. The molecular formula is C12H16O. The Bertz CT molecular complexity index is 289. The van der Waals surface area contributed by atoms with Crippen LogP contribution in [0.25, 0.3) is 6.08 Å². The molecule has 1 nitrogen and oxygen atoms in total. The summed E-state index contributed by atoms with van der Waals surface area (Å²) >= 11 is 0. The zero-order valence-electron chi connectivity index (χ0n) is 8.09. The fourth-order valence-corrected chi connectivity index (χ4v) is 1.55. The maximum absolute atomic E-state index is 9.09. The summed E-state index contributed by atoms with van der Waals surface area (Å²) in [5.41, 5.74) is 3.36. The monoisotopic (exact) mass is 176 g/mol. The second kappa shape index (κ2) is 4.83. The minimum atomic E-state index is 0.0961. The molecule has 1 rings (SSSR count). The van der Waals surface area contributed by atoms with Gasteiger partial charge in [-0.2, -0.15) is 0 Å². The molecule has 1 aromatic carbocycles. The summed E-state index contributed by atoms with van der Waals surface area (Å²) < 4.78 is 0. The molecule has 0 aliphatic carbocycles. The van der Waals surface area contributed by atoms with Crippen molar-refractivity contribution in [3.63, 3.8) is 0 Å². The third-order valence-corrected chi connectivity index (χ3v) is 2.18. The van der Waals surface area contributed by atoms with Crippen LogP contribution in [-0.4, -0.2) is 5.11 Å². The molecule has 0 saturated heterocycles. The van der Waals surface area contributed by atoms with Gasteiger partial charge in [0.1, 0.15) is 0 Å². The lowest BCUT2D eigenvalue weighted by atomic mass is 9.98. The molecule has 0 heterocycles. The van der Waals surface area contributed by atoms with Crippen LogP contribution >= 0.6 is 0 Å². The summed E-state index contributed by atoms with van der Waals surface area (Å²) in [6, 6.07) is 6.03. The molecule has 0 aromatic heterocycles. The Kier molecular flexibility index (Phi) is 3.71. The molecule has 0 amide bonds. The highest BCUT2D eigenvalue weighted by atomic mass is 16.3. The molecule has 0 aliphatic heterocycles. The molecule has 0 atom stereocenters. The summed E-state index contributed by atoms with van der Waals surface area (Å²) in [7, 11) is 0. The second-order valence-electron chi connectivity index (χ2n) is 3.10. The van der Waals surface area contributed by atoms with Gasteiger partial charge in [0.15, 0.2) is 0 Å². The summed E-state index contributed by atoms with van der Waals surface area (Å²) in [4.78, 5) is 0. The minimum Gasteiger partial charge on any atom is -0.392 e. The first-order valence-electron chi connectivity index (χ1n) is 4.67. The van der Waals surface area contributed by atoms with E-state index < -0.39 is 0 Å². The van der Waals surface area contributed by atoms with Gasteiger partial charge in [-0.3, -0.25) is 0 Å². The van der Waals surface area contributed by atoms with Crippen molar-refractivity contribution >= 4 is 6.08 Å². The van der Waals surface area contributed by atoms with Gasteiger partial charge >= 0.3 is 0 Å². The van der Waals surface area contributed by atoms with Crippen molar-refractivity contribution in [3.8, 4) is 0 Å². The highest BCUT2D eigenvalue weighted by Crippen LogP contribution is 2.17. The summed E-state index contributed by atoms with van der Waals surface area (Å²) in [6.07, 6.45) is 4.00. The number of aryl methyl sites for hydroxylation is 1. The third-order valence-electron chi connectivity index (χ3n) is 2.18. The van der Waals surface area contributed by atoms with Crippen molar-refractivity contribution in [1.29, 1.82) is 0 Å². The Labute approximate surface area is 79.7 Å². The summed E-state index contributed by atoms with van der Waals surface area (Å²) in [5, 5.41) is 9.09. The van der Waals surface area contributed by atoms with Crippen molar-refractivity contribution in [3.05, 3.63) is 41.5 Å². The number of hydrogen-bond donors (Lipinski definition) is 1. The first-order chi connectivity index (χ1) is 6.33. The molecule has 0 spiro atoms. The van der Waals surface area contributed by atoms with E-state index in [0.29, 0.717) is 0 Å². The predicted octanol–water partition coefficient (Wildman–Crippen LogP) is 2.77. The Morgan fingerprint density at radius 3 is 2.62 bits per heavy atom. The van der Waals surface area contributed by atoms with Crippen molar-refractivity contribution in [2.75, 3.05) is 0 Å². The minimum absolute atomic E-state index is 0.0961. The lowest BCUT2D eigenvalue weighted by molar-refractivity contribution is 0.281. The lowest BCUT2D eigenvalue weighted by Crippen LogP contribution is -1.94. The van der Waals surface area contributed by atoms with E-state index in [1.807, 2.05) is 18.2 Å². The number of benzene rings is 1. The predicted molar refractivity (Wildman–Crippen MR) is 56.5 cm³/mol. The SMILES string of the molecule is C=Cc1c(CO)cccc1CCC. The molecule has 0 bridgehead atoms. The number of hydrogen-bond acceptors (Lipinski definition) is 1. The van der Waals surface area contributed by atoms with Gasteiger partial charge in [-0.05, 0) is 23.1 Å². The maximum Gasteiger partial charge on any atom is 0.0687 e. The van der Waals surface area contributed by atoms with Gasteiger partial charge in [0.2, 0.25) is 0 Å². The van der Waals surface area contributed by atoms with Gasteiger partial charge in [-0.1, -0.05) is 44.2 Å². The highest BCUT2D eigenvalue weighted by molar-refractivity contribution is 5.56. The van der Waals surface area contributed by atoms with E-state index in [4.69, 9.17) is 5.11 Å². The van der Waals surface area contributed by atoms with Crippen LogP contribution in [0.5, 0.6) is 0 Å². The zero-order valence-corrected chi connectivity index (χ0v) is 8.09. The van der Waals surface area contributed by atoms with Crippen LogP contribution < -0.4 is 0 Å². The largest absolute Gasteiger partial charge is 0.392 e. The summed E-state index contributed by atoms with van der Waals surface area (Å²) in [5.74, 6) is 0. The van der Waals surface area contributed by atoms with Crippen LogP contribution in [0.2, 0.25) is 0 Å². The van der Waals surface area contributed by atoms with E-state index in [1.54, 1.807) is 0 Å². The van der Waals surface area contributed by atoms with Crippen LogP contribution in [0.4, 0.5) is 0 Å². The van der Waals surface area contributed by atoms with E-state index in [-0.39, 0.29) is 6.61 Å². The molecule has 0 saturated carbocycles. The quantitative estimate of drug-likeness (QED) is 0.748. The first kappa shape index (κ1) is 10.0.